The lowest BCUT2D eigenvalue weighted by atomic mass is 9.87. The molecule has 6 aliphatic rings. The van der Waals surface area contributed by atoms with Crippen molar-refractivity contribution in [1.29, 1.82) is 0 Å². The molecular formula is C50H48F8N8O8S2. The van der Waals surface area contributed by atoms with E-state index in [1.165, 1.54) is 34.8 Å². The Labute approximate surface area is 436 Å². The Bertz CT molecular complexity index is 2830. The van der Waals surface area contributed by atoms with Gasteiger partial charge in [-0.15, -0.1) is 22.7 Å². The van der Waals surface area contributed by atoms with Crippen LogP contribution in [0.5, 0.6) is 0 Å². The van der Waals surface area contributed by atoms with Gasteiger partial charge in [-0.2, -0.15) is 0 Å². The molecule has 26 heteroatoms. The lowest BCUT2D eigenvalue weighted by Gasteiger charge is -2.40. The van der Waals surface area contributed by atoms with Gasteiger partial charge < -0.3 is 30.3 Å². The number of aliphatic carboxylic acids is 2. The largest absolute Gasteiger partial charge is 0.481 e. The number of carboxylic acid groups (broad SMARTS) is 2. The van der Waals surface area contributed by atoms with Gasteiger partial charge in [-0.05, 0) is 72.9 Å². The summed E-state index contributed by atoms with van der Waals surface area (Å²) in [5.74, 6) is -14.4. The van der Waals surface area contributed by atoms with Gasteiger partial charge in [-0.1, -0.05) is 12.1 Å². The summed E-state index contributed by atoms with van der Waals surface area (Å²) < 4.78 is 126. The number of rotatable bonds is 14. The number of amidine groups is 2. The van der Waals surface area contributed by atoms with Gasteiger partial charge in [0.25, 0.3) is 11.8 Å². The lowest BCUT2D eigenvalue weighted by Crippen LogP contribution is -2.50. The van der Waals surface area contributed by atoms with Crippen LogP contribution in [0.25, 0.3) is 0 Å². The smallest absolute Gasteiger partial charge is 0.338 e. The summed E-state index contributed by atoms with van der Waals surface area (Å²) in [5, 5.41) is 28.8. The van der Waals surface area contributed by atoms with Crippen LogP contribution in [0, 0.1) is 35.1 Å². The molecule has 2 aromatic heterocycles. The molecule has 0 aliphatic carbocycles. The molecule has 8 atom stereocenters. The van der Waals surface area contributed by atoms with Crippen LogP contribution in [-0.2, 0) is 28.7 Å². The number of halogens is 8. The average Bonchev–Trinajstić information content (AvgIpc) is 4.24. The molecule has 0 saturated carbocycles. The van der Waals surface area contributed by atoms with Crippen LogP contribution in [-0.4, -0.2) is 129 Å². The van der Waals surface area contributed by atoms with Crippen LogP contribution in [0.4, 0.5) is 35.1 Å². The molecule has 4 bridgehead atoms. The van der Waals surface area contributed by atoms with Crippen molar-refractivity contribution < 1.29 is 74.0 Å². The number of methoxy groups -OCH3 is 2. The third kappa shape index (κ3) is 11.1. The van der Waals surface area contributed by atoms with Gasteiger partial charge in [0.2, 0.25) is 0 Å². The van der Waals surface area contributed by atoms with Crippen molar-refractivity contribution in [3.8, 4) is 0 Å². The molecule has 4 N–H and O–H groups in total. The van der Waals surface area contributed by atoms with Crippen LogP contribution in [0.1, 0.15) is 84.6 Å². The third-order valence-corrected chi connectivity index (χ3v) is 16.1. The van der Waals surface area contributed by atoms with Crippen molar-refractivity contribution >= 4 is 58.2 Å². The van der Waals surface area contributed by atoms with Gasteiger partial charge in [0.05, 0.1) is 37.4 Å². The number of aliphatic imine (C=N–C) groups is 2. The maximum atomic E-state index is 15.0. The topological polar surface area (TPSA) is 208 Å². The highest BCUT2D eigenvalue weighted by Gasteiger charge is 2.59. The number of carbonyl (C=O) groups excluding carboxylic acids is 2. The minimum atomic E-state index is -3.04. The highest BCUT2D eigenvalue weighted by atomic mass is 32.1. The van der Waals surface area contributed by atoms with Crippen molar-refractivity contribution in [1.82, 2.24) is 30.4 Å². The predicted molar refractivity (Wildman–Crippen MR) is 258 cm³/mol. The van der Waals surface area contributed by atoms with Crippen molar-refractivity contribution in [2.24, 2.45) is 21.8 Å². The second-order valence-corrected chi connectivity index (χ2v) is 21.1. The molecule has 0 radical (unpaired) electrons. The molecule has 10 rings (SSSR count). The summed E-state index contributed by atoms with van der Waals surface area (Å²) >= 11 is 2.50. The van der Waals surface area contributed by atoms with E-state index in [2.05, 4.69) is 30.6 Å². The molecule has 16 nitrogen and oxygen atoms in total. The normalized spacial score (nSPS) is 26.6. The molecule has 404 valence electrons. The second-order valence-electron chi connectivity index (χ2n) is 19.3. The number of esters is 2. The van der Waals surface area contributed by atoms with Gasteiger partial charge >= 0.3 is 23.9 Å². The SMILES string of the molecule is COC(=O)C1=C(CN2[C@@H]3C[C@H](CC(=O)O)C[C@H]2C(F)(F)C3)NC(c2nccs2)=N[C@H]1c1ccc(F)c(F)c1.COC(=O)C1=C(CN2[C@H]3C[C@@H](CC(=O)O)C[C@@H]2C(F)(F)C3)NC(c2nccs2)=N[C@H]1c1ccc(F)c(F)c1. The van der Waals surface area contributed by atoms with E-state index in [0.29, 0.717) is 10.0 Å². The molecular weight excluding hydrogens is 1060 g/mol. The van der Waals surface area contributed by atoms with E-state index in [-0.39, 0.29) is 109 Å². The number of nitrogens with one attached hydrogen (secondary N) is 2. The van der Waals surface area contributed by atoms with Crippen LogP contribution in [0.15, 0.2) is 92.1 Å². The van der Waals surface area contributed by atoms with Gasteiger partial charge in [-0.3, -0.25) is 29.4 Å². The molecule has 0 spiro atoms. The minimum absolute atomic E-state index is 0.00331. The van der Waals surface area contributed by atoms with E-state index in [9.17, 15) is 47.0 Å². The first-order valence-electron chi connectivity index (χ1n) is 23.9. The number of benzene rings is 2. The van der Waals surface area contributed by atoms with E-state index in [4.69, 9.17) is 9.47 Å². The molecule has 4 saturated heterocycles. The fourth-order valence-corrected chi connectivity index (χ4v) is 12.5. The third-order valence-electron chi connectivity index (χ3n) is 14.5. The average molecular weight is 1110 g/mol. The number of alkyl halides is 4. The van der Waals surface area contributed by atoms with Crippen LogP contribution in [0.3, 0.4) is 0 Å². The van der Waals surface area contributed by atoms with E-state index in [0.717, 1.165) is 38.5 Å². The Balaban J connectivity index is 0.000000186. The van der Waals surface area contributed by atoms with Crippen molar-refractivity contribution in [2.75, 3.05) is 27.3 Å². The van der Waals surface area contributed by atoms with E-state index in [1.54, 1.807) is 33.0 Å². The Morgan fingerprint density at radius 2 is 1.03 bits per heavy atom. The zero-order valence-electron chi connectivity index (χ0n) is 40.3. The second kappa shape index (κ2) is 21.8. The monoisotopic (exact) mass is 1100 g/mol. The Morgan fingerprint density at radius 3 is 1.34 bits per heavy atom. The van der Waals surface area contributed by atoms with E-state index >= 15 is 17.6 Å². The fourth-order valence-electron chi connectivity index (χ4n) is 11.3. The zero-order chi connectivity index (χ0) is 54.4. The van der Waals surface area contributed by atoms with Crippen molar-refractivity contribution in [3.05, 3.63) is 127 Å². The highest BCUT2D eigenvalue weighted by Crippen LogP contribution is 2.50. The van der Waals surface area contributed by atoms with E-state index in [1.807, 2.05) is 0 Å². The quantitative estimate of drug-likeness (QED) is 0.0702. The first-order valence-corrected chi connectivity index (χ1v) is 25.6. The summed E-state index contributed by atoms with van der Waals surface area (Å²) in [6.07, 6.45) is 2.41. The molecule has 4 fully saturated rings. The first kappa shape index (κ1) is 54.2. The number of ether oxygens (including phenoxy) is 2. The summed E-state index contributed by atoms with van der Waals surface area (Å²) in [5.41, 5.74) is 0.771. The molecule has 76 heavy (non-hydrogen) atoms. The molecule has 4 aromatic rings. The number of carboxylic acids is 2. The molecule has 0 amide bonds. The minimum Gasteiger partial charge on any atom is -0.481 e. The molecule has 6 aliphatic heterocycles. The maximum absolute atomic E-state index is 15.0. The standard InChI is InChI=1S/2C25H24F4N4O4S/c2*1-37-24(36)20-17(11-33-14-6-12(8-19(34)35)7-18(33)25(28,29)10-14)31-22(23-30-4-5-38-23)32-21(20)13-2-3-15(26)16(27)9-13/h2*2-5,9,12,14,18,21H,6-8,10-11H2,1H3,(H,31,32)(H,34,35)/t12-,14+,18-,21+;12-,14+,18-,21-/m10/s1. The molecule has 0 unspecified atom stereocenters. The Morgan fingerprint density at radius 1 is 0.632 bits per heavy atom. The summed E-state index contributed by atoms with van der Waals surface area (Å²) in [4.78, 5) is 69.3. The van der Waals surface area contributed by atoms with Gasteiger partial charge in [0, 0.05) is 85.4 Å². The first-order chi connectivity index (χ1) is 36.1. The Kier molecular flexibility index (Phi) is 15.5. The Hall–Kier alpha value is -6.64. The number of hydrogen-bond acceptors (Lipinski definition) is 16. The summed E-state index contributed by atoms with van der Waals surface area (Å²) in [6, 6.07) is 0.433. The zero-order valence-corrected chi connectivity index (χ0v) is 42.0. The number of thiazole rings is 2. The van der Waals surface area contributed by atoms with Crippen LogP contribution >= 0.6 is 22.7 Å². The number of aromatic nitrogens is 2. The highest BCUT2D eigenvalue weighted by molar-refractivity contribution is 7.12. The van der Waals surface area contributed by atoms with E-state index < -0.39 is 108 Å². The van der Waals surface area contributed by atoms with Gasteiger partial charge in [0.1, 0.15) is 12.1 Å². The molecule has 8 heterocycles. The summed E-state index contributed by atoms with van der Waals surface area (Å²) in [6.45, 7) is -0.223. The van der Waals surface area contributed by atoms with Crippen molar-refractivity contribution in [3.63, 3.8) is 0 Å². The predicted octanol–water partition coefficient (Wildman–Crippen LogP) is 7.80. The van der Waals surface area contributed by atoms with Crippen LogP contribution in [0.2, 0.25) is 0 Å². The van der Waals surface area contributed by atoms with Crippen molar-refractivity contribution in [2.45, 2.75) is 99.5 Å². The lowest BCUT2D eigenvalue weighted by molar-refractivity contribution is -0.140. The number of carbonyl (C=O) groups is 4. The number of fused-ring (bicyclic) bond motifs is 4. The number of hydrogen-bond donors (Lipinski definition) is 4. The van der Waals surface area contributed by atoms with Crippen LogP contribution < -0.4 is 10.6 Å². The maximum Gasteiger partial charge on any atom is 0.338 e. The van der Waals surface area contributed by atoms with Gasteiger partial charge in [-0.25, -0.2) is 54.7 Å². The number of nitrogens with zero attached hydrogens (tertiary/aromatic N) is 6. The fraction of sp³-hybridized carbons (Fsp3) is 0.440. The number of piperidine rings is 2. The molecule has 2 aromatic carbocycles. The van der Waals surface area contributed by atoms with Gasteiger partial charge in [0.15, 0.2) is 45.0 Å². The summed E-state index contributed by atoms with van der Waals surface area (Å²) in [7, 11) is 2.31.